The second-order valence-electron chi connectivity index (χ2n) is 22.3. The maximum Gasteiger partial charge on any atom is 0.255 e. The number of fused-ring (bicyclic) bond motifs is 2. The number of ether oxygens (including phenoxy) is 1. The number of benzene rings is 2. The van der Waals surface area contributed by atoms with E-state index in [0.29, 0.717) is 113 Å². The molecule has 3 saturated heterocycles. The number of rotatable bonds is 16. The zero-order valence-corrected chi connectivity index (χ0v) is 44.2. The fourth-order valence-electron chi connectivity index (χ4n) is 13.2. The number of hydrogen-bond acceptors (Lipinski definition) is 11. The highest BCUT2D eigenvalue weighted by Gasteiger charge is 2.44. The molecule has 406 valence electrons. The molecular formula is C59H70F2N10O6. The molecule has 6 aliphatic rings. The monoisotopic (exact) mass is 1050 g/mol. The van der Waals surface area contributed by atoms with E-state index in [9.17, 15) is 33.6 Å². The van der Waals surface area contributed by atoms with Crippen LogP contribution in [0.4, 0.5) is 8.78 Å². The van der Waals surface area contributed by atoms with Crippen molar-refractivity contribution in [3.05, 3.63) is 118 Å². The minimum atomic E-state index is -0.761. The van der Waals surface area contributed by atoms with Crippen LogP contribution in [-0.2, 0) is 20.9 Å². The molecule has 7 heterocycles. The summed E-state index contributed by atoms with van der Waals surface area (Å²) in [4.78, 5) is 73.0. The van der Waals surface area contributed by atoms with E-state index in [2.05, 4.69) is 49.1 Å². The van der Waals surface area contributed by atoms with Crippen LogP contribution in [0.2, 0.25) is 0 Å². The van der Waals surface area contributed by atoms with Gasteiger partial charge >= 0.3 is 0 Å². The van der Waals surface area contributed by atoms with Gasteiger partial charge in [0.05, 0.1) is 47.3 Å². The maximum atomic E-state index is 15.0. The normalized spacial score (nSPS) is 21.3. The number of carbonyl (C=O) groups excluding carboxylic acids is 5. The Bertz CT molecular complexity index is 2990. The summed E-state index contributed by atoms with van der Waals surface area (Å²) in [7, 11) is 0. The van der Waals surface area contributed by atoms with Crippen molar-refractivity contribution >= 4 is 41.1 Å². The summed E-state index contributed by atoms with van der Waals surface area (Å²) >= 11 is 0. The number of imide groups is 1. The van der Waals surface area contributed by atoms with Crippen LogP contribution >= 0.6 is 0 Å². The predicted octanol–water partition coefficient (Wildman–Crippen LogP) is 7.44. The van der Waals surface area contributed by atoms with E-state index in [0.717, 1.165) is 105 Å². The van der Waals surface area contributed by atoms with Crippen molar-refractivity contribution in [3.8, 4) is 11.8 Å². The SMILES string of the molecule is CCCC(C(=O)NC=O)N1Cc2cc(C3CCN(C(=O)CC4CCC5(CC4)CCN(CC4(NC(=O)c6cc(F)ccc6F)CCN(C6C=CC(c7cc(OCC)cn8ncc(C#N)c78)=CN6)CC4)CC5)CC3)ccc2C1=O. The average molecular weight is 1050 g/mol. The molecule has 3 N–H and O–H groups in total. The number of dihydropyridines is 1. The van der Waals surface area contributed by atoms with Crippen molar-refractivity contribution < 1.29 is 37.5 Å². The number of halogens is 2. The lowest BCUT2D eigenvalue weighted by Gasteiger charge is -2.50. The number of nitrogens with zero attached hydrogens (tertiary/aromatic N) is 7. The lowest BCUT2D eigenvalue weighted by molar-refractivity contribution is -0.134. The number of allylic oxidation sites excluding steroid dienone is 2. The van der Waals surface area contributed by atoms with Crippen LogP contribution in [0.25, 0.3) is 11.1 Å². The van der Waals surface area contributed by atoms with Crippen molar-refractivity contribution in [2.45, 2.75) is 128 Å². The van der Waals surface area contributed by atoms with Crippen LogP contribution in [0.5, 0.6) is 5.75 Å². The molecule has 5 amide bonds. The molecule has 2 aromatic heterocycles. The number of carbonyl (C=O) groups is 5. The Morgan fingerprint density at radius 2 is 1.71 bits per heavy atom. The van der Waals surface area contributed by atoms with Crippen molar-refractivity contribution in [1.29, 1.82) is 5.26 Å². The maximum absolute atomic E-state index is 15.0. The summed E-state index contributed by atoms with van der Waals surface area (Å²) in [5.74, 6) is -1.20. The molecule has 1 saturated carbocycles. The molecule has 16 nitrogen and oxygen atoms in total. The minimum absolute atomic E-state index is 0.129. The van der Waals surface area contributed by atoms with E-state index in [1.165, 1.54) is 0 Å². The molecule has 2 aromatic carbocycles. The summed E-state index contributed by atoms with van der Waals surface area (Å²) in [6.07, 6.45) is 20.5. The van der Waals surface area contributed by atoms with E-state index in [1.54, 1.807) is 21.8 Å². The van der Waals surface area contributed by atoms with Gasteiger partial charge in [-0.25, -0.2) is 13.3 Å². The summed E-state index contributed by atoms with van der Waals surface area (Å²) in [6.45, 7) is 9.68. The number of nitriles is 1. The van der Waals surface area contributed by atoms with Crippen LogP contribution in [-0.4, -0.2) is 129 Å². The Labute approximate surface area is 448 Å². The van der Waals surface area contributed by atoms with Crippen molar-refractivity contribution in [3.63, 3.8) is 0 Å². The first kappa shape index (κ1) is 53.4. The third-order valence-corrected chi connectivity index (χ3v) is 17.7. The molecule has 4 fully saturated rings. The van der Waals surface area contributed by atoms with Gasteiger partial charge in [-0.2, -0.15) is 10.4 Å². The van der Waals surface area contributed by atoms with E-state index in [1.807, 2.05) is 49.2 Å². The molecule has 77 heavy (non-hydrogen) atoms. The molecule has 10 rings (SSSR count). The highest BCUT2D eigenvalue weighted by Crippen LogP contribution is 2.48. The molecule has 0 bridgehead atoms. The van der Waals surface area contributed by atoms with Crippen LogP contribution in [0.1, 0.15) is 146 Å². The van der Waals surface area contributed by atoms with Gasteiger partial charge in [-0.1, -0.05) is 31.6 Å². The summed E-state index contributed by atoms with van der Waals surface area (Å²) in [6, 6.07) is 12.4. The Hall–Kier alpha value is -6.97. The topological polar surface area (TPSA) is 185 Å². The number of amides is 5. The number of aromatic nitrogens is 2. The highest BCUT2D eigenvalue weighted by atomic mass is 19.1. The minimum Gasteiger partial charge on any atom is -0.492 e. The highest BCUT2D eigenvalue weighted by molar-refractivity contribution is 6.02. The van der Waals surface area contributed by atoms with Gasteiger partial charge < -0.3 is 30.1 Å². The van der Waals surface area contributed by atoms with Gasteiger partial charge in [0.15, 0.2) is 0 Å². The Kier molecular flexibility index (Phi) is 15.9. The molecule has 4 aromatic rings. The van der Waals surface area contributed by atoms with Crippen molar-refractivity contribution in [2.24, 2.45) is 11.3 Å². The Morgan fingerprint density at radius 3 is 2.40 bits per heavy atom. The molecule has 18 heteroatoms. The van der Waals surface area contributed by atoms with Gasteiger partial charge in [0.1, 0.15) is 29.5 Å². The van der Waals surface area contributed by atoms with Crippen LogP contribution in [0.15, 0.2) is 73.2 Å². The second kappa shape index (κ2) is 22.9. The van der Waals surface area contributed by atoms with E-state index in [-0.39, 0.29) is 34.9 Å². The number of hydrogen-bond donors (Lipinski definition) is 3. The van der Waals surface area contributed by atoms with Gasteiger partial charge in [0, 0.05) is 63.0 Å². The first-order chi connectivity index (χ1) is 37.3. The van der Waals surface area contributed by atoms with E-state index < -0.39 is 35.0 Å². The second-order valence-corrected chi connectivity index (χ2v) is 22.3. The fraction of sp³-hybridized carbons (Fsp3) is 0.508. The van der Waals surface area contributed by atoms with Gasteiger partial charge in [0.2, 0.25) is 18.2 Å². The van der Waals surface area contributed by atoms with Crippen LogP contribution in [0.3, 0.4) is 0 Å². The van der Waals surface area contributed by atoms with Crippen molar-refractivity contribution in [1.82, 2.24) is 45.2 Å². The van der Waals surface area contributed by atoms with Gasteiger partial charge in [-0.3, -0.25) is 34.2 Å². The zero-order chi connectivity index (χ0) is 53.8. The molecule has 1 spiro atoms. The predicted molar refractivity (Wildman–Crippen MR) is 285 cm³/mol. The average Bonchev–Trinajstić information content (AvgIpc) is 4.03. The Balaban J connectivity index is 0.712. The summed E-state index contributed by atoms with van der Waals surface area (Å²) in [5.41, 5.74) is 4.74. The number of pyridine rings is 1. The molecule has 0 radical (unpaired) electrons. The zero-order valence-electron chi connectivity index (χ0n) is 44.2. The van der Waals surface area contributed by atoms with Gasteiger partial charge in [-0.05, 0) is 161 Å². The van der Waals surface area contributed by atoms with E-state index >= 15 is 4.39 Å². The molecule has 2 unspecified atom stereocenters. The smallest absolute Gasteiger partial charge is 0.255 e. The molecule has 5 aliphatic heterocycles. The van der Waals surface area contributed by atoms with Crippen molar-refractivity contribution in [2.75, 3.05) is 52.4 Å². The lowest BCUT2D eigenvalue weighted by atomic mass is 9.65. The number of nitrogens with one attached hydrogen (secondary N) is 3. The summed E-state index contributed by atoms with van der Waals surface area (Å²) in [5, 5.41) is 23.2. The summed E-state index contributed by atoms with van der Waals surface area (Å²) < 4.78 is 36.9. The standard InChI is InChI=1S/C59H70F2N10O6/c1-3-5-51(56(75)64-38-72)70-35-43-29-41(6-9-47(43)57(70)76)40-14-22-69(23-15-40)53(73)28-39-12-16-58(17-13-39)18-24-67(25-19-58)37-59(66-55(74)49-30-45(60)8-10-50(49)61)20-26-68(27-21-59)52-11-7-42(33-63-52)48-31-46(77-4-2)36-71-54(48)44(32-62)34-65-71/h6-11,29-31,33-34,36,38-40,51-52,63H,3-5,12-28,35,37H2,1-2H3,(H,66,74)(H,64,72,75). The largest absolute Gasteiger partial charge is 0.492 e. The van der Waals surface area contributed by atoms with E-state index in [4.69, 9.17) is 4.74 Å². The Morgan fingerprint density at radius 1 is 0.948 bits per heavy atom. The lowest BCUT2D eigenvalue weighted by Crippen LogP contribution is -2.63. The quantitative estimate of drug-likeness (QED) is 0.0948. The first-order valence-corrected chi connectivity index (χ1v) is 27.7. The van der Waals surface area contributed by atoms with Crippen LogP contribution in [0, 0.1) is 34.3 Å². The van der Waals surface area contributed by atoms with Crippen LogP contribution < -0.4 is 20.7 Å². The first-order valence-electron chi connectivity index (χ1n) is 27.7. The third-order valence-electron chi connectivity index (χ3n) is 17.7. The van der Waals surface area contributed by atoms with Gasteiger partial charge in [-0.15, -0.1) is 0 Å². The third kappa shape index (κ3) is 11.4. The number of likely N-dealkylation sites (tertiary alicyclic amines) is 3. The molecule has 2 atom stereocenters. The fourth-order valence-corrected chi connectivity index (χ4v) is 13.2. The molecular weight excluding hydrogens is 983 g/mol. The number of piperidine rings is 3. The molecule has 1 aliphatic carbocycles. The van der Waals surface area contributed by atoms with Gasteiger partial charge in [0.25, 0.3) is 11.8 Å².